The van der Waals surface area contributed by atoms with Crippen LogP contribution in [-0.2, 0) is 4.74 Å². The van der Waals surface area contributed by atoms with Crippen LogP contribution in [-0.4, -0.2) is 43.7 Å². The minimum absolute atomic E-state index is 0.258. The molecule has 0 unspecified atom stereocenters. The van der Waals surface area contributed by atoms with Gasteiger partial charge in [0.1, 0.15) is 5.82 Å². The number of carbonyl (C=O) groups is 1. The smallest absolute Gasteiger partial charge is 0.340 e. The van der Waals surface area contributed by atoms with Gasteiger partial charge in [0.2, 0.25) is 0 Å². The Labute approximate surface area is 125 Å². The Morgan fingerprint density at radius 1 is 1.43 bits per heavy atom. The van der Waals surface area contributed by atoms with Gasteiger partial charge in [-0.2, -0.15) is 0 Å². The fraction of sp³-hybridized carbons (Fsp3) is 0.562. The lowest BCUT2D eigenvalue weighted by atomic mass is 10.0. The van der Waals surface area contributed by atoms with E-state index in [0.717, 1.165) is 32.5 Å². The first-order chi connectivity index (χ1) is 10.1. The molecule has 0 spiro atoms. The molecule has 2 rings (SSSR count). The minimum Gasteiger partial charge on any atom is -0.465 e. The lowest BCUT2D eigenvalue weighted by Gasteiger charge is -2.32. The maximum Gasteiger partial charge on any atom is 0.340 e. The molecule has 1 aliphatic rings. The molecule has 5 heteroatoms. The summed E-state index contributed by atoms with van der Waals surface area (Å²) in [5, 5.41) is 3.36. The molecule has 1 aromatic rings. The van der Waals surface area contributed by atoms with Crippen molar-refractivity contribution < 1.29 is 13.9 Å². The van der Waals surface area contributed by atoms with Gasteiger partial charge in [-0.15, -0.1) is 0 Å². The van der Waals surface area contributed by atoms with E-state index in [1.54, 1.807) is 6.07 Å². The van der Waals surface area contributed by atoms with Crippen molar-refractivity contribution in [2.45, 2.75) is 32.2 Å². The van der Waals surface area contributed by atoms with Crippen LogP contribution in [0.4, 0.5) is 10.1 Å². The van der Waals surface area contributed by atoms with Gasteiger partial charge in [0.05, 0.1) is 12.7 Å². The molecule has 1 fully saturated rings. The normalized spacial score (nSPS) is 16.7. The average Bonchev–Trinajstić information content (AvgIpc) is 2.50. The first-order valence-corrected chi connectivity index (χ1v) is 7.50. The van der Waals surface area contributed by atoms with Gasteiger partial charge in [0.15, 0.2) is 0 Å². The van der Waals surface area contributed by atoms with Crippen LogP contribution in [0.2, 0.25) is 0 Å². The van der Waals surface area contributed by atoms with Crippen LogP contribution >= 0.6 is 0 Å². The molecule has 21 heavy (non-hydrogen) atoms. The summed E-state index contributed by atoms with van der Waals surface area (Å²) in [4.78, 5) is 14.2. The summed E-state index contributed by atoms with van der Waals surface area (Å²) in [6.45, 7) is 5.43. The van der Waals surface area contributed by atoms with Crippen LogP contribution in [0.5, 0.6) is 0 Å². The zero-order valence-corrected chi connectivity index (χ0v) is 12.7. The number of hydrogen-bond acceptors (Lipinski definition) is 4. The Bertz CT molecular complexity index is 485. The largest absolute Gasteiger partial charge is 0.465 e. The van der Waals surface area contributed by atoms with Crippen molar-refractivity contribution in [3.63, 3.8) is 0 Å². The number of halogens is 1. The first kappa shape index (κ1) is 15.8. The van der Waals surface area contributed by atoms with Gasteiger partial charge in [-0.05, 0) is 44.0 Å². The summed E-state index contributed by atoms with van der Waals surface area (Å²) in [5.41, 5.74) is 0.908. The summed E-state index contributed by atoms with van der Waals surface area (Å²) in [6.07, 6.45) is 3.22. The van der Waals surface area contributed by atoms with Crippen LogP contribution in [0.25, 0.3) is 0 Å². The number of nitrogens with one attached hydrogen (secondary N) is 1. The Kier molecular flexibility index (Phi) is 5.56. The summed E-state index contributed by atoms with van der Waals surface area (Å²) >= 11 is 0. The monoisotopic (exact) mass is 294 g/mol. The molecule has 1 saturated heterocycles. The number of nitrogens with zero attached hydrogens (tertiary/aromatic N) is 1. The molecule has 0 radical (unpaired) electrons. The second kappa shape index (κ2) is 7.41. The Morgan fingerprint density at radius 2 is 2.14 bits per heavy atom. The lowest BCUT2D eigenvalue weighted by molar-refractivity contribution is 0.0601. The second-order valence-corrected chi connectivity index (χ2v) is 5.44. The van der Waals surface area contributed by atoms with E-state index in [1.165, 1.54) is 25.7 Å². The van der Waals surface area contributed by atoms with Gasteiger partial charge in [-0.25, -0.2) is 9.18 Å². The van der Waals surface area contributed by atoms with Gasteiger partial charge >= 0.3 is 5.97 Å². The molecule has 0 aliphatic carbocycles. The molecular formula is C16H23FN2O2. The van der Waals surface area contributed by atoms with Crippen molar-refractivity contribution >= 4 is 11.7 Å². The van der Waals surface area contributed by atoms with Gasteiger partial charge in [0.25, 0.3) is 0 Å². The summed E-state index contributed by atoms with van der Waals surface area (Å²) in [6, 6.07) is 4.51. The number of esters is 1. The molecule has 1 aliphatic heterocycles. The van der Waals surface area contributed by atoms with Gasteiger partial charge in [-0.3, -0.25) is 0 Å². The quantitative estimate of drug-likeness (QED) is 0.848. The van der Waals surface area contributed by atoms with Crippen LogP contribution in [0.15, 0.2) is 18.2 Å². The van der Waals surface area contributed by atoms with E-state index in [1.807, 2.05) is 0 Å². The highest BCUT2D eigenvalue weighted by Crippen LogP contribution is 2.22. The van der Waals surface area contributed by atoms with Crippen LogP contribution in [0.1, 0.15) is 36.5 Å². The molecule has 0 saturated carbocycles. The number of ether oxygens (including phenoxy) is 1. The van der Waals surface area contributed by atoms with E-state index < -0.39 is 11.8 Å². The van der Waals surface area contributed by atoms with Gasteiger partial charge < -0.3 is 15.0 Å². The molecule has 1 heterocycles. The zero-order chi connectivity index (χ0) is 15.2. The number of carbonyl (C=O) groups excluding carboxylic acids is 1. The molecular weight excluding hydrogens is 271 g/mol. The molecule has 1 aromatic carbocycles. The van der Waals surface area contributed by atoms with E-state index in [-0.39, 0.29) is 5.56 Å². The first-order valence-electron chi connectivity index (χ1n) is 7.50. The maximum absolute atomic E-state index is 13.3. The highest BCUT2D eigenvalue weighted by Gasteiger charge is 2.21. The van der Waals surface area contributed by atoms with Crippen molar-refractivity contribution in [2.75, 3.05) is 32.1 Å². The lowest BCUT2D eigenvalue weighted by Crippen LogP contribution is -2.39. The zero-order valence-electron chi connectivity index (χ0n) is 12.7. The maximum atomic E-state index is 13.3. The highest BCUT2D eigenvalue weighted by atomic mass is 19.1. The third-order valence-electron chi connectivity index (χ3n) is 3.87. The number of benzene rings is 1. The molecule has 4 nitrogen and oxygen atoms in total. The van der Waals surface area contributed by atoms with Crippen LogP contribution in [0, 0.1) is 5.82 Å². The van der Waals surface area contributed by atoms with E-state index in [0.29, 0.717) is 11.7 Å². The summed E-state index contributed by atoms with van der Waals surface area (Å²) < 4.78 is 18.0. The molecule has 116 valence electrons. The van der Waals surface area contributed by atoms with E-state index >= 15 is 0 Å². The number of rotatable bonds is 5. The van der Waals surface area contributed by atoms with Crippen LogP contribution in [0.3, 0.4) is 0 Å². The molecule has 0 aromatic heterocycles. The number of piperidine rings is 1. The van der Waals surface area contributed by atoms with Crippen molar-refractivity contribution in [1.82, 2.24) is 4.90 Å². The molecule has 0 atom stereocenters. The van der Waals surface area contributed by atoms with Crippen molar-refractivity contribution in [3.8, 4) is 0 Å². The summed E-state index contributed by atoms with van der Waals surface area (Å²) in [5.74, 6) is -0.945. The van der Waals surface area contributed by atoms with Crippen molar-refractivity contribution in [2.24, 2.45) is 0 Å². The Hall–Kier alpha value is -1.62. The summed E-state index contributed by atoms with van der Waals surface area (Å²) in [7, 11) is 1.31. The van der Waals surface area contributed by atoms with Crippen molar-refractivity contribution in [1.29, 1.82) is 0 Å². The number of likely N-dealkylation sites (tertiary alicyclic amines) is 1. The third kappa shape index (κ3) is 4.17. The SMILES string of the molecule is CCCN1CCC(Nc2ccc(F)cc2C(=O)OC)CC1. The van der Waals surface area contributed by atoms with E-state index in [9.17, 15) is 9.18 Å². The third-order valence-corrected chi connectivity index (χ3v) is 3.87. The highest BCUT2D eigenvalue weighted by molar-refractivity contribution is 5.95. The number of anilines is 1. The van der Waals surface area contributed by atoms with Gasteiger partial charge in [0, 0.05) is 24.8 Å². The fourth-order valence-corrected chi connectivity index (χ4v) is 2.76. The van der Waals surface area contributed by atoms with Crippen molar-refractivity contribution in [3.05, 3.63) is 29.6 Å². The topological polar surface area (TPSA) is 41.6 Å². The number of hydrogen-bond donors (Lipinski definition) is 1. The minimum atomic E-state index is -0.514. The van der Waals surface area contributed by atoms with E-state index in [4.69, 9.17) is 4.74 Å². The second-order valence-electron chi connectivity index (χ2n) is 5.44. The fourth-order valence-electron chi connectivity index (χ4n) is 2.76. The van der Waals surface area contributed by atoms with E-state index in [2.05, 4.69) is 17.1 Å². The van der Waals surface area contributed by atoms with Gasteiger partial charge in [-0.1, -0.05) is 6.92 Å². The Balaban J connectivity index is 2.02. The number of methoxy groups -OCH3 is 1. The van der Waals surface area contributed by atoms with Crippen LogP contribution < -0.4 is 5.32 Å². The molecule has 0 bridgehead atoms. The molecule has 1 N–H and O–H groups in total. The predicted molar refractivity (Wildman–Crippen MR) is 81.1 cm³/mol. The predicted octanol–water partition coefficient (Wildman–Crippen LogP) is 2.90. The average molecular weight is 294 g/mol. The molecule has 0 amide bonds. The standard InChI is InChI=1S/C16H23FN2O2/c1-3-8-19-9-6-13(7-10-19)18-15-5-4-12(17)11-14(15)16(20)21-2/h4-5,11,13,18H,3,6-10H2,1-2H3. The Morgan fingerprint density at radius 3 is 2.76 bits per heavy atom.